The van der Waals surface area contributed by atoms with E-state index in [0.29, 0.717) is 18.9 Å². The number of para-hydroxylation sites is 1. The van der Waals surface area contributed by atoms with Crippen molar-refractivity contribution in [3.05, 3.63) is 60.0 Å². The summed E-state index contributed by atoms with van der Waals surface area (Å²) in [6, 6.07) is 14.9. The van der Waals surface area contributed by atoms with Crippen LogP contribution in [-0.2, 0) is 6.42 Å². The van der Waals surface area contributed by atoms with Crippen molar-refractivity contribution in [2.24, 2.45) is 0 Å². The van der Waals surface area contributed by atoms with Gasteiger partial charge >= 0.3 is 0 Å². The van der Waals surface area contributed by atoms with E-state index >= 15 is 0 Å². The first kappa shape index (κ1) is 15.2. The van der Waals surface area contributed by atoms with Crippen LogP contribution in [0.3, 0.4) is 0 Å². The minimum Gasteiger partial charge on any atom is -0.368 e. The van der Waals surface area contributed by atoms with Crippen LogP contribution in [0.1, 0.15) is 12.5 Å². The monoisotopic (exact) mass is 310 g/mol. The van der Waals surface area contributed by atoms with Gasteiger partial charge in [0, 0.05) is 18.5 Å². The van der Waals surface area contributed by atoms with E-state index in [2.05, 4.69) is 39.7 Å². The van der Waals surface area contributed by atoms with E-state index in [1.165, 1.54) is 17.0 Å². The standard InChI is InChI=1S/C18H19FN4/c1-2-13-12-18(22-15-7-4-3-6-14(13)15)21-11-10-20-17-9-5-8-16(19)23-17/h3-9,12H,2,10-11H2,1H3,(H,20,23)(H,21,22). The summed E-state index contributed by atoms with van der Waals surface area (Å²) in [5.74, 6) is 0.911. The zero-order chi connectivity index (χ0) is 16.1. The van der Waals surface area contributed by atoms with Gasteiger partial charge in [-0.3, -0.25) is 0 Å². The highest BCUT2D eigenvalue weighted by atomic mass is 19.1. The fourth-order valence-corrected chi connectivity index (χ4v) is 2.52. The fraction of sp³-hybridized carbons (Fsp3) is 0.222. The number of benzene rings is 1. The topological polar surface area (TPSA) is 49.8 Å². The Kier molecular flexibility index (Phi) is 4.66. The summed E-state index contributed by atoms with van der Waals surface area (Å²) < 4.78 is 13.0. The van der Waals surface area contributed by atoms with Crippen LogP contribution in [0.25, 0.3) is 10.9 Å². The quantitative estimate of drug-likeness (QED) is 0.536. The molecule has 0 aliphatic rings. The van der Waals surface area contributed by atoms with Gasteiger partial charge in [-0.05, 0) is 36.2 Å². The van der Waals surface area contributed by atoms with Crippen molar-refractivity contribution in [2.45, 2.75) is 13.3 Å². The van der Waals surface area contributed by atoms with Gasteiger partial charge in [0.15, 0.2) is 0 Å². The van der Waals surface area contributed by atoms with Crippen molar-refractivity contribution in [3.8, 4) is 0 Å². The van der Waals surface area contributed by atoms with Crippen LogP contribution in [0, 0.1) is 5.95 Å². The Morgan fingerprint density at radius 2 is 1.70 bits per heavy atom. The number of nitrogens with one attached hydrogen (secondary N) is 2. The van der Waals surface area contributed by atoms with E-state index in [4.69, 9.17) is 0 Å². The molecule has 3 aromatic rings. The number of halogens is 1. The molecule has 0 aliphatic carbocycles. The first-order valence-corrected chi connectivity index (χ1v) is 7.75. The number of fused-ring (bicyclic) bond motifs is 1. The van der Waals surface area contributed by atoms with Crippen molar-refractivity contribution < 1.29 is 4.39 Å². The average Bonchev–Trinajstić information content (AvgIpc) is 2.58. The lowest BCUT2D eigenvalue weighted by atomic mass is 10.1. The maximum Gasteiger partial charge on any atom is 0.214 e. The summed E-state index contributed by atoms with van der Waals surface area (Å²) in [5, 5.41) is 7.58. The lowest BCUT2D eigenvalue weighted by molar-refractivity contribution is 0.585. The van der Waals surface area contributed by atoms with Crippen LogP contribution >= 0.6 is 0 Å². The highest BCUT2D eigenvalue weighted by Gasteiger charge is 2.04. The molecule has 1 aromatic carbocycles. The molecule has 3 rings (SSSR count). The molecule has 0 saturated heterocycles. The molecule has 0 spiro atoms. The summed E-state index contributed by atoms with van der Waals surface area (Å²) in [6.07, 6.45) is 0.961. The highest BCUT2D eigenvalue weighted by molar-refractivity contribution is 5.84. The van der Waals surface area contributed by atoms with E-state index in [1.54, 1.807) is 12.1 Å². The third kappa shape index (κ3) is 3.74. The van der Waals surface area contributed by atoms with Gasteiger partial charge in [-0.25, -0.2) is 9.97 Å². The molecule has 0 radical (unpaired) electrons. The molecule has 23 heavy (non-hydrogen) atoms. The Morgan fingerprint density at radius 1 is 0.913 bits per heavy atom. The second kappa shape index (κ2) is 7.05. The Balaban J connectivity index is 1.63. The Labute approximate surface area is 134 Å². The summed E-state index contributed by atoms with van der Waals surface area (Å²) in [6.45, 7) is 3.45. The highest BCUT2D eigenvalue weighted by Crippen LogP contribution is 2.21. The maximum atomic E-state index is 13.0. The second-order valence-corrected chi connectivity index (χ2v) is 5.24. The van der Waals surface area contributed by atoms with E-state index in [9.17, 15) is 4.39 Å². The van der Waals surface area contributed by atoms with Gasteiger partial charge < -0.3 is 10.6 Å². The third-order valence-electron chi connectivity index (χ3n) is 3.64. The molecule has 0 bridgehead atoms. The van der Waals surface area contributed by atoms with E-state index in [0.717, 1.165) is 17.8 Å². The van der Waals surface area contributed by atoms with Gasteiger partial charge in [0.25, 0.3) is 0 Å². The zero-order valence-corrected chi connectivity index (χ0v) is 13.0. The van der Waals surface area contributed by atoms with Crippen LogP contribution in [0.15, 0.2) is 48.5 Å². The summed E-state index contributed by atoms with van der Waals surface area (Å²) in [5.41, 5.74) is 2.27. The molecule has 0 atom stereocenters. The number of aromatic nitrogens is 2. The van der Waals surface area contributed by atoms with Crippen LogP contribution in [0.2, 0.25) is 0 Å². The largest absolute Gasteiger partial charge is 0.368 e. The minimum atomic E-state index is -0.480. The molecule has 4 nitrogen and oxygen atoms in total. The van der Waals surface area contributed by atoms with E-state index in [1.807, 2.05) is 18.2 Å². The molecule has 2 N–H and O–H groups in total. The SMILES string of the molecule is CCc1cc(NCCNc2cccc(F)n2)nc2ccccc12. The van der Waals surface area contributed by atoms with Gasteiger partial charge in [-0.2, -0.15) is 4.39 Å². The molecule has 0 unspecified atom stereocenters. The number of aryl methyl sites for hydroxylation is 1. The van der Waals surface area contributed by atoms with Crippen molar-refractivity contribution in [2.75, 3.05) is 23.7 Å². The fourth-order valence-electron chi connectivity index (χ4n) is 2.52. The number of rotatable bonds is 6. The average molecular weight is 310 g/mol. The molecule has 0 fully saturated rings. The normalized spacial score (nSPS) is 10.7. The summed E-state index contributed by atoms with van der Waals surface area (Å²) in [4.78, 5) is 8.39. The van der Waals surface area contributed by atoms with Crippen LogP contribution in [-0.4, -0.2) is 23.1 Å². The summed E-state index contributed by atoms with van der Waals surface area (Å²) >= 11 is 0. The van der Waals surface area contributed by atoms with E-state index < -0.39 is 5.95 Å². The van der Waals surface area contributed by atoms with Crippen LogP contribution < -0.4 is 10.6 Å². The number of anilines is 2. The Hall–Kier alpha value is -2.69. The Morgan fingerprint density at radius 3 is 2.48 bits per heavy atom. The van der Waals surface area contributed by atoms with Gasteiger partial charge in [-0.15, -0.1) is 0 Å². The lowest BCUT2D eigenvalue weighted by Crippen LogP contribution is -2.15. The minimum absolute atomic E-state index is 0.480. The molecular formula is C18H19FN4. The second-order valence-electron chi connectivity index (χ2n) is 5.24. The molecule has 5 heteroatoms. The van der Waals surface area contributed by atoms with Crippen molar-refractivity contribution in [3.63, 3.8) is 0 Å². The first-order chi connectivity index (χ1) is 11.3. The smallest absolute Gasteiger partial charge is 0.214 e. The van der Waals surface area contributed by atoms with Crippen LogP contribution in [0.5, 0.6) is 0 Å². The van der Waals surface area contributed by atoms with Crippen molar-refractivity contribution in [1.29, 1.82) is 0 Å². The molecule has 2 heterocycles. The molecule has 118 valence electrons. The zero-order valence-electron chi connectivity index (χ0n) is 13.0. The van der Waals surface area contributed by atoms with Crippen molar-refractivity contribution in [1.82, 2.24) is 9.97 Å². The van der Waals surface area contributed by atoms with Gasteiger partial charge in [0.05, 0.1) is 5.52 Å². The molecule has 2 aromatic heterocycles. The maximum absolute atomic E-state index is 13.0. The number of hydrogen-bond acceptors (Lipinski definition) is 4. The third-order valence-corrected chi connectivity index (χ3v) is 3.64. The Bertz CT molecular complexity index is 804. The van der Waals surface area contributed by atoms with Crippen molar-refractivity contribution >= 4 is 22.5 Å². The predicted octanol–water partition coefficient (Wildman–Crippen LogP) is 3.86. The number of pyridine rings is 2. The van der Waals surface area contributed by atoms with Crippen LogP contribution in [0.4, 0.5) is 16.0 Å². The van der Waals surface area contributed by atoms with Gasteiger partial charge in [0.1, 0.15) is 11.6 Å². The molecule has 0 aliphatic heterocycles. The van der Waals surface area contributed by atoms with Gasteiger partial charge in [0.2, 0.25) is 5.95 Å². The first-order valence-electron chi connectivity index (χ1n) is 7.75. The lowest BCUT2D eigenvalue weighted by Gasteiger charge is -2.11. The summed E-state index contributed by atoms with van der Waals surface area (Å²) in [7, 11) is 0. The number of hydrogen-bond donors (Lipinski definition) is 2. The van der Waals surface area contributed by atoms with Gasteiger partial charge in [-0.1, -0.05) is 31.2 Å². The number of nitrogens with zero attached hydrogens (tertiary/aromatic N) is 2. The molecule has 0 saturated carbocycles. The molecular weight excluding hydrogens is 291 g/mol. The predicted molar refractivity (Wildman–Crippen MR) is 92.3 cm³/mol. The molecule has 0 amide bonds. The van der Waals surface area contributed by atoms with E-state index in [-0.39, 0.29) is 0 Å².